The van der Waals surface area contributed by atoms with E-state index in [4.69, 9.17) is 0 Å². The van der Waals surface area contributed by atoms with Crippen LogP contribution in [-0.4, -0.2) is 21.1 Å². The molecule has 0 aliphatic heterocycles. The lowest BCUT2D eigenvalue weighted by Gasteiger charge is -2.04. The van der Waals surface area contributed by atoms with E-state index in [2.05, 4.69) is 20.9 Å². The summed E-state index contributed by atoms with van der Waals surface area (Å²) in [7, 11) is 0. The molecular formula is C13H13BrN2OS. The third kappa shape index (κ3) is 3.23. The number of ketones is 1. The molecular weight excluding hydrogens is 312 g/mol. The standard InChI is InChI=1S/C13H13BrN2OS/c1-2-16-8-7-15-13(16)12(17)9-18-11-5-3-10(14)4-6-11/h3-8H,2,9H2,1H3. The van der Waals surface area contributed by atoms with Crippen molar-refractivity contribution in [1.82, 2.24) is 9.55 Å². The monoisotopic (exact) mass is 324 g/mol. The molecule has 94 valence electrons. The molecule has 2 aromatic rings. The van der Waals surface area contributed by atoms with E-state index in [-0.39, 0.29) is 5.78 Å². The molecule has 0 bridgehead atoms. The zero-order valence-corrected chi connectivity index (χ0v) is 12.4. The van der Waals surface area contributed by atoms with Crippen LogP contribution in [0, 0.1) is 0 Å². The first-order valence-corrected chi connectivity index (χ1v) is 7.41. The van der Waals surface area contributed by atoms with Gasteiger partial charge in [0.25, 0.3) is 0 Å². The van der Waals surface area contributed by atoms with Gasteiger partial charge in [-0.15, -0.1) is 11.8 Å². The molecule has 1 aromatic heterocycles. The van der Waals surface area contributed by atoms with E-state index in [1.54, 1.807) is 6.20 Å². The van der Waals surface area contributed by atoms with Crippen LogP contribution in [0.1, 0.15) is 17.5 Å². The minimum absolute atomic E-state index is 0.0646. The molecule has 0 aliphatic rings. The molecule has 5 heteroatoms. The molecule has 0 unspecified atom stereocenters. The fraction of sp³-hybridized carbons (Fsp3) is 0.231. The van der Waals surface area contributed by atoms with Crippen LogP contribution in [0.3, 0.4) is 0 Å². The van der Waals surface area contributed by atoms with Crippen LogP contribution in [0.15, 0.2) is 46.0 Å². The smallest absolute Gasteiger partial charge is 0.208 e. The number of thioether (sulfide) groups is 1. The predicted octanol–water partition coefficient (Wildman–Crippen LogP) is 3.64. The zero-order valence-electron chi connectivity index (χ0n) is 9.97. The van der Waals surface area contributed by atoms with Crippen LogP contribution in [0.5, 0.6) is 0 Å². The number of rotatable bonds is 5. The molecule has 2 rings (SSSR count). The number of hydrogen-bond donors (Lipinski definition) is 0. The fourth-order valence-electron chi connectivity index (χ4n) is 1.56. The quantitative estimate of drug-likeness (QED) is 0.622. The number of Topliss-reactive ketones (excluding diaryl/α,β-unsaturated/α-hetero) is 1. The molecule has 0 aliphatic carbocycles. The summed E-state index contributed by atoms with van der Waals surface area (Å²) in [6, 6.07) is 7.93. The van der Waals surface area contributed by atoms with E-state index in [1.807, 2.05) is 42.0 Å². The number of carbonyl (C=O) groups is 1. The maximum Gasteiger partial charge on any atom is 0.208 e. The van der Waals surface area contributed by atoms with Gasteiger partial charge in [-0.25, -0.2) is 4.98 Å². The van der Waals surface area contributed by atoms with Gasteiger partial charge in [-0.05, 0) is 31.2 Å². The second kappa shape index (κ2) is 6.20. The summed E-state index contributed by atoms with van der Waals surface area (Å²) >= 11 is 4.92. The minimum Gasteiger partial charge on any atom is -0.329 e. The lowest BCUT2D eigenvalue weighted by molar-refractivity contribution is 0.100. The van der Waals surface area contributed by atoms with Gasteiger partial charge in [0.05, 0.1) is 5.75 Å². The Labute approximate surface area is 119 Å². The van der Waals surface area contributed by atoms with E-state index in [0.717, 1.165) is 15.9 Å². The highest BCUT2D eigenvalue weighted by Crippen LogP contribution is 2.21. The highest BCUT2D eigenvalue weighted by atomic mass is 79.9. The number of imidazole rings is 1. The Morgan fingerprint density at radius 2 is 2.11 bits per heavy atom. The van der Waals surface area contributed by atoms with Gasteiger partial charge in [-0.1, -0.05) is 15.9 Å². The van der Waals surface area contributed by atoms with Crippen molar-refractivity contribution in [3.05, 3.63) is 47.0 Å². The Morgan fingerprint density at radius 1 is 1.39 bits per heavy atom. The van der Waals surface area contributed by atoms with Gasteiger partial charge in [0.2, 0.25) is 5.78 Å². The predicted molar refractivity (Wildman–Crippen MR) is 77.1 cm³/mol. The topological polar surface area (TPSA) is 34.9 Å². The van der Waals surface area contributed by atoms with Crippen LogP contribution in [-0.2, 0) is 6.54 Å². The number of nitrogens with zero attached hydrogens (tertiary/aromatic N) is 2. The number of halogens is 1. The van der Waals surface area contributed by atoms with Crippen molar-refractivity contribution in [3.8, 4) is 0 Å². The van der Waals surface area contributed by atoms with Crippen molar-refractivity contribution in [2.75, 3.05) is 5.75 Å². The maximum atomic E-state index is 12.0. The maximum absolute atomic E-state index is 12.0. The van der Waals surface area contributed by atoms with E-state index in [0.29, 0.717) is 11.6 Å². The Morgan fingerprint density at radius 3 is 2.78 bits per heavy atom. The zero-order chi connectivity index (χ0) is 13.0. The van der Waals surface area contributed by atoms with Crippen molar-refractivity contribution < 1.29 is 4.79 Å². The normalized spacial score (nSPS) is 10.6. The number of carbonyl (C=O) groups excluding carboxylic acids is 1. The molecule has 1 heterocycles. The largest absolute Gasteiger partial charge is 0.329 e. The summed E-state index contributed by atoms with van der Waals surface area (Å²) < 4.78 is 2.91. The summed E-state index contributed by atoms with van der Waals surface area (Å²) in [5.74, 6) is 1.02. The number of aryl methyl sites for hydroxylation is 1. The first-order chi connectivity index (χ1) is 8.70. The van der Waals surface area contributed by atoms with Gasteiger partial charge in [-0.3, -0.25) is 4.79 Å². The summed E-state index contributed by atoms with van der Waals surface area (Å²) in [6.07, 6.45) is 3.50. The summed E-state index contributed by atoms with van der Waals surface area (Å²) in [5, 5.41) is 0. The van der Waals surface area contributed by atoms with Crippen molar-refractivity contribution >= 4 is 33.5 Å². The van der Waals surface area contributed by atoms with Crippen LogP contribution in [0.2, 0.25) is 0 Å². The third-order valence-electron chi connectivity index (χ3n) is 2.49. The number of aromatic nitrogens is 2. The van der Waals surface area contributed by atoms with Gasteiger partial charge in [0, 0.05) is 28.3 Å². The minimum atomic E-state index is 0.0646. The molecule has 0 atom stereocenters. The van der Waals surface area contributed by atoms with E-state index >= 15 is 0 Å². The number of hydrogen-bond acceptors (Lipinski definition) is 3. The summed E-state index contributed by atoms with van der Waals surface area (Å²) in [5.41, 5.74) is 0. The highest BCUT2D eigenvalue weighted by Gasteiger charge is 2.12. The van der Waals surface area contributed by atoms with Crippen LogP contribution in [0.4, 0.5) is 0 Å². The molecule has 0 spiro atoms. The second-order valence-electron chi connectivity index (χ2n) is 3.70. The molecule has 0 N–H and O–H groups in total. The van der Waals surface area contributed by atoms with Gasteiger partial charge < -0.3 is 4.57 Å². The van der Waals surface area contributed by atoms with Crippen molar-refractivity contribution in [2.24, 2.45) is 0 Å². The average Bonchev–Trinajstić information content (AvgIpc) is 2.86. The number of benzene rings is 1. The Balaban J connectivity index is 1.98. The van der Waals surface area contributed by atoms with Gasteiger partial charge in [0.15, 0.2) is 5.82 Å². The third-order valence-corrected chi connectivity index (χ3v) is 4.03. The summed E-state index contributed by atoms with van der Waals surface area (Å²) in [6.45, 7) is 2.77. The lowest BCUT2D eigenvalue weighted by Crippen LogP contribution is -2.11. The lowest BCUT2D eigenvalue weighted by atomic mass is 10.4. The van der Waals surface area contributed by atoms with Crippen molar-refractivity contribution in [2.45, 2.75) is 18.4 Å². The van der Waals surface area contributed by atoms with E-state index < -0.39 is 0 Å². The van der Waals surface area contributed by atoms with Crippen LogP contribution in [0.25, 0.3) is 0 Å². The van der Waals surface area contributed by atoms with Gasteiger partial charge in [-0.2, -0.15) is 0 Å². The van der Waals surface area contributed by atoms with Gasteiger partial charge in [0.1, 0.15) is 0 Å². The molecule has 0 radical (unpaired) electrons. The molecule has 0 saturated carbocycles. The first kappa shape index (κ1) is 13.4. The first-order valence-electron chi connectivity index (χ1n) is 5.63. The molecule has 0 saturated heterocycles. The Bertz CT molecular complexity index is 536. The molecule has 18 heavy (non-hydrogen) atoms. The average molecular weight is 325 g/mol. The van der Waals surface area contributed by atoms with E-state index in [1.165, 1.54) is 11.8 Å². The highest BCUT2D eigenvalue weighted by molar-refractivity contribution is 9.10. The van der Waals surface area contributed by atoms with Crippen LogP contribution < -0.4 is 0 Å². The van der Waals surface area contributed by atoms with Crippen molar-refractivity contribution in [3.63, 3.8) is 0 Å². The fourth-order valence-corrected chi connectivity index (χ4v) is 2.58. The second-order valence-corrected chi connectivity index (χ2v) is 5.67. The Kier molecular flexibility index (Phi) is 4.60. The molecule has 3 nitrogen and oxygen atoms in total. The molecule has 0 fully saturated rings. The van der Waals surface area contributed by atoms with E-state index in [9.17, 15) is 4.79 Å². The van der Waals surface area contributed by atoms with Gasteiger partial charge >= 0.3 is 0 Å². The molecule has 1 aromatic carbocycles. The Hall–Kier alpha value is -1.07. The van der Waals surface area contributed by atoms with Crippen molar-refractivity contribution in [1.29, 1.82) is 0 Å². The van der Waals surface area contributed by atoms with Crippen LogP contribution >= 0.6 is 27.7 Å². The SMILES string of the molecule is CCn1ccnc1C(=O)CSc1ccc(Br)cc1. The summed E-state index contributed by atoms with van der Waals surface area (Å²) in [4.78, 5) is 17.2. The molecule has 0 amide bonds.